The number of allylic oxidation sites excluding steroid dienone is 1. The Labute approximate surface area is 90.4 Å². The molecule has 1 aliphatic heterocycles. The summed E-state index contributed by atoms with van der Waals surface area (Å²) in [6.07, 6.45) is 8.71. The van der Waals surface area contributed by atoms with Gasteiger partial charge in [0.25, 0.3) is 0 Å². The number of nitrogens with zero attached hydrogens (tertiary/aromatic N) is 1. The minimum Gasteiger partial charge on any atom is -0.313 e. The van der Waals surface area contributed by atoms with Crippen molar-refractivity contribution in [3.63, 3.8) is 0 Å². The maximum Gasteiger partial charge on any atom is 0.0343 e. The summed E-state index contributed by atoms with van der Waals surface area (Å²) in [6.45, 7) is 3.31. The second-order valence-electron chi connectivity index (χ2n) is 4.69. The summed E-state index contributed by atoms with van der Waals surface area (Å²) in [6, 6.07) is 2.96. The van der Waals surface area contributed by atoms with Crippen molar-refractivity contribution in [3.05, 3.63) is 35.7 Å². The van der Waals surface area contributed by atoms with Crippen molar-refractivity contribution < 1.29 is 0 Å². The summed E-state index contributed by atoms with van der Waals surface area (Å²) < 4.78 is 0. The van der Waals surface area contributed by atoms with E-state index in [1.54, 1.807) is 0 Å². The summed E-state index contributed by atoms with van der Waals surface area (Å²) in [4.78, 5) is 4.26. The molecule has 1 saturated heterocycles. The molecule has 0 bridgehead atoms. The molecule has 0 amide bonds. The van der Waals surface area contributed by atoms with Crippen molar-refractivity contribution in [2.75, 3.05) is 6.54 Å². The van der Waals surface area contributed by atoms with Crippen LogP contribution in [0.2, 0.25) is 0 Å². The molecule has 78 valence electrons. The molecule has 1 aromatic rings. The lowest BCUT2D eigenvalue weighted by Crippen LogP contribution is -2.53. The molecule has 0 spiro atoms. The molecule has 0 radical (unpaired) electrons. The maximum atomic E-state index is 4.26. The van der Waals surface area contributed by atoms with Gasteiger partial charge in [-0.1, -0.05) is 6.08 Å². The number of aryl methyl sites for hydroxylation is 1. The number of aromatic nitrogens is 1. The van der Waals surface area contributed by atoms with Gasteiger partial charge in [-0.25, -0.2) is 0 Å². The number of rotatable bonds is 1. The second-order valence-corrected chi connectivity index (χ2v) is 4.69. The first-order chi connectivity index (χ1) is 7.33. The zero-order valence-electron chi connectivity index (χ0n) is 9.03. The normalized spacial score (nSPS) is 29.0. The minimum absolute atomic E-state index is 0.727. The molecule has 0 aromatic carbocycles. The third kappa shape index (κ3) is 1.59. The third-order valence-corrected chi connectivity index (χ3v) is 3.56. The van der Waals surface area contributed by atoms with Crippen LogP contribution in [0.4, 0.5) is 0 Å². The predicted octanol–water partition coefficient (Wildman–Crippen LogP) is 2.16. The Balaban J connectivity index is 1.88. The monoisotopic (exact) mass is 200 g/mol. The molecule has 0 saturated carbocycles. The average molecular weight is 200 g/mol. The molecular weight excluding hydrogens is 184 g/mol. The van der Waals surface area contributed by atoms with E-state index < -0.39 is 0 Å². The van der Waals surface area contributed by atoms with Crippen molar-refractivity contribution in [1.82, 2.24) is 10.3 Å². The summed E-state index contributed by atoms with van der Waals surface area (Å²) in [5.74, 6) is 0.895. The number of hydrogen-bond acceptors (Lipinski definition) is 2. The van der Waals surface area contributed by atoms with Crippen LogP contribution >= 0.6 is 0 Å². The number of pyridine rings is 1. The lowest BCUT2D eigenvalue weighted by atomic mass is 9.78. The average Bonchev–Trinajstić information content (AvgIpc) is 2.20. The van der Waals surface area contributed by atoms with E-state index in [9.17, 15) is 0 Å². The molecule has 2 nitrogen and oxygen atoms in total. The summed E-state index contributed by atoms with van der Waals surface area (Å²) >= 11 is 0. The maximum absolute atomic E-state index is 4.26. The fourth-order valence-corrected chi connectivity index (χ4v) is 2.52. The molecule has 2 heterocycles. The Morgan fingerprint density at radius 1 is 1.40 bits per heavy atom. The standard InChI is InChI=1S/C13H16N2/c1-9-4-12(7-14-6-9)10-2-3-11-8-15-13(11)5-10/h2,4,6-7,11,13,15H,3,5,8H2,1H3. The molecular formula is C13H16N2. The van der Waals surface area contributed by atoms with E-state index in [0.717, 1.165) is 12.0 Å². The molecule has 1 N–H and O–H groups in total. The van der Waals surface area contributed by atoms with Crippen LogP contribution in [0.25, 0.3) is 5.57 Å². The first-order valence-corrected chi connectivity index (χ1v) is 5.67. The van der Waals surface area contributed by atoms with Gasteiger partial charge in [-0.15, -0.1) is 0 Å². The smallest absolute Gasteiger partial charge is 0.0343 e. The Hall–Kier alpha value is -1.15. The van der Waals surface area contributed by atoms with E-state index in [1.807, 2.05) is 12.4 Å². The fourth-order valence-electron chi connectivity index (χ4n) is 2.52. The van der Waals surface area contributed by atoms with Gasteiger partial charge >= 0.3 is 0 Å². The Bertz CT molecular complexity index is 409. The predicted molar refractivity (Wildman–Crippen MR) is 61.5 cm³/mol. The van der Waals surface area contributed by atoms with Crippen LogP contribution in [0.5, 0.6) is 0 Å². The van der Waals surface area contributed by atoms with Crippen LogP contribution in [0.3, 0.4) is 0 Å². The summed E-state index contributed by atoms with van der Waals surface area (Å²) in [5, 5.41) is 3.50. The van der Waals surface area contributed by atoms with Crippen LogP contribution in [0.15, 0.2) is 24.5 Å². The van der Waals surface area contributed by atoms with Gasteiger partial charge in [0.1, 0.15) is 0 Å². The van der Waals surface area contributed by atoms with Crippen molar-refractivity contribution in [1.29, 1.82) is 0 Å². The van der Waals surface area contributed by atoms with E-state index in [-0.39, 0.29) is 0 Å². The van der Waals surface area contributed by atoms with E-state index >= 15 is 0 Å². The third-order valence-electron chi connectivity index (χ3n) is 3.56. The zero-order chi connectivity index (χ0) is 10.3. The largest absolute Gasteiger partial charge is 0.313 e. The van der Waals surface area contributed by atoms with Gasteiger partial charge in [0.05, 0.1) is 0 Å². The van der Waals surface area contributed by atoms with Crippen molar-refractivity contribution >= 4 is 5.57 Å². The SMILES string of the molecule is Cc1cncc(C2=CCC3CNC3C2)c1. The van der Waals surface area contributed by atoms with Crippen molar-refractivity contribution in [2.45, 2.75) is 25.8 Å². The number of hydrogen-bond donors (Lipinski definition) is 1. The van der Waals surface area contributed by atoms with Crippen molar-refractivity contribution in [3.8, 4) is 0 Å². The molecule has 2 heteroatoms. The Kier molecular flexibility index (Phi) is 2.10. The highest BCUT2D eigenvalue weighted by atomic mass is 15.0. The van der Waals surface area contributed by atoms with Crippen LogP contribution in [-0.2, 0) is 0 Å². The quantitative estimate of drug-likeness (QED) is 0.751. The first-order valence-electron chi connectivity index (χ1n) is 5.67. The first kappa shape index (κ1) is 9.10. The van der Waals surface area contributed by atoms with Gasteiger partial charge in [0, 0.05) is 25.0 Å². The summed E-state index contributed by atoms with van der Waals surface area (Å²) in [5.41, 5.74) is 4.03. The second kappa shape index (κ2) is 3.46. The topological polar surface area (TPSA) is 24.9 Å². The van der Waals surface area contributed by atoms with Crippen LogP contribution in [-0.4, -0.2) is 17.6 Å². The van der Waals surface area contributed by atoms with Crippen molar-refractivity contribution in [2.24, 2.45) is 5.92 Å². The van der Waals surface area contributed by atoms with E-state index in [1.165, 1.54) is 36.1 Å². The summed E-state index contributed by atoms with van der Waals surface area (Å²) in [7, 11) is 0. The van der Waals surface area contributed by atoms with Crippen LogP contribution < -0.4 is 5.32 Å². The van der Waals surface area contributed by atoms with Gasteiger partial charge in [-0.2, -0.15) is 0 Å². The van der Waals surface area contributed by atoms with E-state index in [0.29, 0.717) is 0 Å². The highest BCUT2D eigenvalue weighted by molar-refractivity contribution is 5.67. The Morgan fingerprint density at radius 3 is 3.00 bits per heavy atom. The van der Waals surface area contributed by atoms with Gasteiger partial charge in [0.2, 0.25) is 0 Å². The molecule has 1 aliphatic carbocycles. The molecule has 2 atom stereocenters. The lowest BCUT2D eigenvalue weighted by Gasteiger charge is -2.41. The molecule has 15 heavy (non-hydrogen) atoms. The number of nitrogens with one attached hydrogen (secondary N) is 1. The minimum atomic E-state index is 0.727. The zero-order valence-corrected chi connectivity index (χ0v) is 9.03. The molecule has 1 aromatic heterocycles. The molecule has 2 aliphatic rings. The van der Waals surface area contributed by atoms with Gasteiger partial charge < -0.3 is 5.32 Å². The molecule has 3 rings (SSSR count). The van der Waals surface area contributed by atoms with Crippen LogP contribution in [0, 0.1) is 12.8 Å². The lowest BCUT2D eigenvalue weighted by molar-refractivity contribution is 0.231. The molecule has 2 unspecified atom stereocenters. The molecule has 1 fully saturated rings. The van der Waals surface area contributed by atoms with Gasteiger partial charge in [0.15, 0.2) is 0 Å². The van der Waals surface area contributed by atoms with Crippen LogP contribution in [0.1, 0.15) is 24.0 Å². The highest BCUT2D eigenvalue weighted by Gasteiger charge is 2.32. The van der Waals surface area contributed by atoms with Gasteiger partial charge in [-0.05, 0) is 48.4 Å². The van der Waals surface area contributed by atoms with Gasteiger partial charge in [-0.3, -0.25) is 4.98 Å². The fraction of sp³-hybridized carbons (Fsp3) is 0.462. The van der Waals surface area contributed by atoms with E-state index in [2.05, 4.69) is 29.4 Å². The number of fused-ring (bicyclic) bond motifs is 1. The highest BCUT2D eigenvalue weighted by Crippen LogP contribution is 2.34. The van der Waals surface area contributed by atoms with E-state index in [4.69, 9.17) is 0 Å². The Morgan fingerprint density at radius 2 is 2.33 bits per heavy atom.